The number of aromatic carboxylic acids is 1. The Hall–Kier alpha value is -3.02. The minimum Gasteiger partial charge on any atom is -0.478 e. The van der Waals surface area contributed by atoms with Crippen LogP contribution < -0.4 is 10.6 Å². The molecule has 0 unspecified atom stereocenters. The van der Waals surface area contributed by atoms with Gasteiger partial charge in [-0.1, -0.05) is 25.0 Å². The number of carboxylic acids is 1. The van der Waals surface area contributed by atoms with Gasteiger partial charge in [-0.25, -0.2) is 9.59 Å². The number of hydrogen-bond donors (Lipinski definition) is 3. The van der Waals surface area contributed by atoms with Crippen LogP contribution in [0.15, 0.2) is 48.5 Å². The normalized spacial score (nSPS) is 14.3. The Morgan fingerprint density at radius 1 is 0.926 bits per heavy atom. The summed E-state index contributed by atoms with van der Waals surface area (Å²) in [7, 11) is 0. The molecule has 0 aliphatic carbocycles. The lowest BCUT2D eigenvalue weighted by atomic mass is 10.1. The van der Waals surface area contributed by atoms with Crippen LogP contribution in [0.1, 0.15) is 41.6 Å². The highest BCUT2D eigenvalue weighted by Crippen LogP contribution is 2.17. The molecule has 1 heterocycles. The summed E-state index contributed by atoms with van der Waals surface area (Å²) in [6.07, 6.45) is 4.53. The number of carboxylic acid groups (broad SMARTS) is 1. The molecule has 1 aliphatic heterocycles. The lowest BCUT2D eigenvalue weighted by Crippen LogP contribution is -2.35. The van der Waals surface area contributed by atoms with E-state index in [0.29, 0.717) is 6.54 Å². The number of nitrogens with zero attached hydrogens (tertiary/aromatic N) is 1. The molecule has 142 valence electrons. The monoisotopic (exact) mass is 367 g/mol. The molecule has 0 aromatic heterocycles. The second kappa shape index (κ2) is 9.07. The van der Waals surface area contributed by atoms with E-state index in [0.717, 1.165) is 42.9 Å². The molecule has 0 saturated carbocycles. The number of likely N-dealkylation sites (tertiary alicyclic amines) is 1. The molecule has 6 nitrogen and oxygen atoms in total. The maximum Gasteiger partial charge on any atom is 0.335 e. The Morgan fingerprint density at radius 2 is 1.59 bits per heavy atom. The fourth-order valence-corrected chi connectivity index (χ4v) is 3.17. The van der Waals surface area contributed by atoms with Crippen molar-refractivity contribution >= 4 is 23.4 Å². The topological polar surface area (TPSA) is 81.7 Å². The van der Waals surface area contributed by atoms with Gasteiger partial charge in [0.05, 0.1) is 5.56 Å². The molecular formula is C21H25N3O3. The van der Waals surface area contributed by atoms with E-state index in [9.17, 15) is 9.59 Å². The third-order valence-electron chi connectivity index (χ3n) is 4.70. The maximum absolute atomic E-state index is 12.4. The molecule has 2 aromatic rings. The van der Waals surface area contributed by atoms with E-state index in [1.807, 2.05) is 35.2 Å². The minimum absolute atomic E-state index is 0.0388. The van der Waals surface area contributed by atoms with Crippen molar-refractivity contribution in [2.24, 2.45) is 0 Å². The van der Waals surface area contributed by atoms with E-state index in [4.69, 9.17) is 5.11 Å². The summed E-state index contributed by atoms with van der Waals surface area (Å²) in [5.41, 5.74) is 2.85. The van der Waals surface area contributed by atoms with Crippen molar-refractivity contribution in [3.63, 3.8) is 0 Å². The average Bonchev–Trinajstić information content (AvgIpc) is 2.97. The fraction of sp³-hybridized carbons (Fsp3) is 0.333. The summed E-state index contributed by atoms with van der Waals surface area (Å²) in [6, 6.07) is 14.4. The first-order chi connectivity index (χ1) is 13.1. The average molecular weight is 367 g/mol. The van der Waals surface area contributed by atoms with Gasteiger partial charge in [-0.2, -0.15) is 0 Å². The molecule has 1 fully saturated rings. The fourth-order valence-electron chi connectivity index (χ4n) is 3.17. The second-order valence-corrected chi connectivity index (χ2v) is 6.77. The molecule has 1 aliphatic rings. The summed E-state index contributed by atoms with van der Waals surface area (Å²) >= 11 is 0. The van der Waals surface area contributed by atoms with Crippen LogP contribution in [0.2, 0.25) is 0 Å². The van der Waals surface area contributed by atoms with Gasteiger partial charge in [0.1, 0.15) is 0 Å². The van der Waals surface area contributed by atoms with Gasteiger partial charge in [0.15, 0.2) is 0 Å². The maximum atomic E-state index is 12.4. The van der Waals surface area contributed by atoms with Gasteiger partial charge in [-0.3, -0.25) is 0 Å². The lowest BCUT2D eigenvalue weighted by Gasteiger charge is -2.20. The highest BCUT2D eigenvalue weighted by Gasteiger charge is 2.15. The lowest BCUT2D eigenvalue weighted by molar-refractivity contribution is 0.0696. The molecule has 0 atom stereocenters. The zero-order valence-electron chi connectivity index (χ0n) is 15.3. The molecule has 1 saturated heterocycles. The van der Waals surface area contributed by atoms with Gasteiger partial charge in [-0.15, -0.1) is 0 Å². The molecule has 3 N–H and O–H groups in total. The van der Waals surface area contributed by atoms with Gasteiger partial charge in [0.2, 0.25) is 0 Å². The number of nitrogens with one attached hydrogen (secondary N) is 2. The number of rotatable bonds is 5. The first-order valence-electron chi connectivity index (χ1n) is 9.34. The summed E-state index contributed by atoms with van der Waals surface area (Å²) < 4.78 is 0. The van der Waals surface area contributed by atoms with Crippen molar-refractivity contribution < 1.29 is 14.7 Å². The standard InChI is InChI=1S/C21H25N3O3/c25-20(26)17-7-5-6-16(14-17)15-22-18-8-10-19(11-9-18)23-21(27)24-12-3-1-2-4-13-24/h5-11,14,22H,1-4,12-13,15H2,(H,23,27)(H,25,26). The number of carbonyl (C=O) groups excluding carboxylic acids is 1. The number of hydrogen-bond acceptors (Lipinski definition) is 3. The molecule has 0 bridgehead atoms. The molecule has 3 rings (SSSR count). The highest BCUT2D eigenvalue weighted by molar-refractivity contribution is 5.89. The summed E-state index contributed by atoms with van der Waals surface area (Å²) in [4.78, 5) is 25.3. The van der Waals surface area contributed by atoms with E-state index < -0.39 is 5.97 Å². The first-order valence-corrected chi connectivity index (χ1v) is 9.34. The largest absolute Gasteiger partial charge is 0.478 e. The second-order valence-electron chi connectivity index (χ2n) is 6.77. The predicted molar refractivity (Wildman–Crippen MR) is 106 cm³/mol. The van der Waals surface area contributed by atoms with Crippen LogP contribution in [-0.2, 0) is 6.54 Å². The quantitative estimate of drug-likeness (QED) is 0.731. The molecule has 0 spiro atoms. The van der Waals surface area contributed by atoms with E-state index in [-0.39, 0.29) is 11.6 Å². The smallest absolute Gasteiger partial charge is 0.335 e. The Kier molecular flexibility index (Phi) is 6.30. The van der Waals surface area contributed by atoms with Gasteiger partial charge in [-0.05, 0) is 54.8 Å². The zero-order valence-corrected chi connectivity index (χ0v) is 15.3. The van der Waals surface area contributed by atoms with E-state index in [2.05, 4.69) is 10.6 Å². The predicted octanol–water partition coefficient (Wildman–Crippen LogP) is 4.40. The van der Waals surface area contributed by atoms with Gasteiger partial charge >= 0.3 is 12.0 Å². The van der Waals surface area contributed by atoms with Crippen LogP contribution in [0.3, 0.4) is 0 Å². The molecular weight excluding hydrogens is 342 g/mol. The molecule has 27 heavy (non-hydrogen) atoms. The number of anilines is 2. The summed E-state index contributed by atoms with van der Waals surface area (Å²) in [5.74, 6) is -0.929. The van der Waals surface area contributed by atoms with Crippen LogP contribution in [0.4, 0.5) is 16.2 Å². The number of amides is 2. The van der Waals surface area contributed by atoms with Crippen molar-refractivity contribution in [1.29, 1.82) is 0 Å². The highest BCUT2D eigenvalue weighted by atomic mass is 16.4. The number of benzene rings is 2. The van der Waals surface area contributed by atoms with Gasteiger partial charge in [0.25, 0.3) is 0 Å². The van der Waals surface area contributed by atoms with Crippen molar-refractivity contribution in [2.45, 2.75) is 32.2 Å². The first kappa shape index (κ1) is 18.8. The van der Waals surface area contributed by atoms with E-state index >= 15 is 0 Å². The Morgan fingerprint density at radius 3 is 2.26 bits per heavy atom. The zero-order chi connectivity index (χ0) is 19.1. The summed E-state index contributed by atoms with van der Waals surface area (Å²) in [5, 5.41) is 15.3. The Labute approximate surface area is 159 Å². The Bertz CT molecular complexity index is 782. The van der Waals surface area contributed by atoms with E-state index in [1.54, 1.807) is 18.2 Å². The molecule has 0 radical (unpaired) electrons. The van der Waals surface area contributed by atoms with Crippen LogP contribution in [-0.4, -0.2) is 35.1 Å². The third kappa shape index (κ3) is 5.48. The van der Waals surface area contributed by atoms with Crippen LogP contribution in [0, 0.1) is 0 Å². The van der Waals surface area contributed by atoms with E-state index in [1.165, 1.54) is 12.8 Å². The number of carbonyl (C=O) groups is 2. The van der Waals surface area contributed by atoms with Crippen molar-refractivity contribution in [2.75, 3.05) is 23.7 Å². The third-order valence-corrected chi connectivity index (χ3v) is 4.70. The Balaban J connectivity index is 1.53. The van der Waals surface area contributed by atoms with Gasteiger partial charge < -0.3 is 20.6 Å². The minimum atomic E-state index is -0.929. The van der Waals surface area contributed by atoms with Crippen molar-refractivity contribution in [1.82, 2.24) is 4.90 Å². The SMILES string of the molecule is O=C(O)c1cccc(CNc2ccc(NC(=O)N3CCCCCC3)cc2)c1. The molecule has 2 aromatic carbocycles. The van der Waals surface area contributed by atoms with Crippen LogP contribution in [0.5, 0.6) is 0 Å². The van der Waals surface area contributed by atoms with Crippen LogP contribution >= 0.6 is 0 Å². The van der Waals surface area contributed by atoms with Gasteiger partial charge in [0, 0.05) is 31.0 Å². The summed E-state index contributed by atoms with van der Waals surface area (Å²) in [6.45, 7) is 2.17. The molecule has 2 amide bonds. The van der Waals surface area contributed by atoms with Crippen LogP contribution in [0.25, 0.3) is 0 Å². The molecule has 6 heteroatoms. The van der Waals surface area contributed by atoms with Crippen molar-refractivity contribution in [3.8, 4) is 0 Å². The van der Waals surface area contributed by atoms with Crippen molar-refractivity contribution in [3.05, 3.63) is 59.7 Å². The number of urea groups is 1.